The van der Waals surface area contributed by atoms with E-state index >= 15 is 0 Å². The van der Waals surface area contributed by atoms with Crippen LogP contribution in [0.5, 0.6) is 5.75 Å². The average Bonchev–Trinajstić information content (AvgIpc) is 2.91. The molecular weight excluding hydrogens is 466 g/mol. The highest BCUT2D eigenvalue weighted by atomic mass is 32.2. The Morgan fingerprint density at radius 1 is 0.971 bits per heavy atom. The third-order valence-electron chi connectivity index (χ3n) is 5.71. The molecule has 0 spiro atoms. The van der Waals surface area contributed by atoms with Crippen molar-refractivity contribution in [1.82, 2.24) is 14.6 Å². The lowest BCUT2D eigenvalue weighted by molar-refractivity contribution is -0.121. The van der Waals surface area contributed by atoms with Crippen LogP contribution in [0.3, 0.4) is 0 Å². The van der Waals surface area contributed by atoms with E-state index in [0.717, 1.165) is 22.4 Å². The van der Waals surface area contributed by atoms with E-state index in [0.29, 0.717) is 52.3 Å². The van der Waals surface area contributed by atoms with E-state index in [-0.39, 0.29) is 10.8 Å². The number of hydrogen-bond acceptors (Lipinski definition) is 6. The highest BCUT2D eigenvalue weighted by Crippen LogP contribution is 2.18. The Labute approximate surface area is 206 Å². The molecule has 184 valence electrons. The lowest BCUT2D eigenvalue weighted by atomic mass is 10.1. The van der Waals surface area contributed by atoms with E-state index in [9.17, 15) is 13.2 Å². The fourth-order valence-corrected chi connectivity index (χ4v) is 5.07. The van der Waals surface area contributed by atoms with Gasteiger partial charge in [0.25, 0.3) is 0 Å². The summed E-state index contributed by atoms with van der Waals surface area (Å²) in [6.07, 6.45) is 4.35. The van der Waals surface area contributed by atoms with Crippen molar-refractivity contribution >= 4 is 15.9 Å². The third kappa shape index (κ3) is 7.11. The Kier molecular flexibility index (Phi) is 8.46. The van der Waals surface area contributed by atoms with Crippen molar-refractivity contribution in [2.45, 2.75) is 30.9 Å². The largest absolute Gasteiger partial charge is 0.489 e. The molecule has 0 atom stereocenters. The Morgan fingerprint density at radius 2 is 1.69 bits per heavy atom. The maximum absolute atomic E-state index is 12.7. The van der Waals surface area contributed by atoms with Crippen molar-refractivity contribution in [3.63, 3.8) is 0 Å². The van der Waals surface area contributed by atoms with E-state index in [4.69, 9.17) is 9.47 Å². The molecule has 0 unspecified atom stereocenters. The molecule has 2 aromatic carbocycles. The van der Waals surface area contributed by atoms with Gasteiger partial charge in [-0.05, 0) is 47.9 Å². The quantitative estimate of drug-likeness (QED) is 0.465. The number of hydrogen-bond donors (Lipinski definition) is 1. The maximum Gasteiger partial charge on any atom is 0.243 e. The molecule has 1 aliphatic heterocycles. The van der Waals surface area contributed by atoms with Gasteiger partial charge in [-0.2, -0.15) is 4.31 Å². The van der Waals surface area contributed by atoms with Gasteiger partial charge in [0, 0.05) is 44.0 Å². The molecule has 0 saturated carbocycles. The summed E-state index contributed by atoms with van der Waals surface area (Å²) in [7, 11) is -3.51. The van der Waals surface area contributed by atoms with E-state index < -0.39 is 10.0 Å². The van der Waals surface area contributed by atoms with Gasteiger partial charge in [-0.25, -0.2) is 8.42 Å². The second-order valence-electron chi connectivity index (χ2n) is 8.23. The summed E-state index contributed by atoms with van der Waals surface area (Å²) in [4.78, 5) is 16.6. The van der Waals surface area contributed by atoms with Gasteiger partial charge < -0.3 is 14.8 Å². The summed E-state index contributed by atoms with van der Waals surface area (Å²) in [6, 6.07) is 18.2. The highest BCUT2D eigenvalue weighted by molar-refractivity contribution is 7.89. The number of ether oxygens (including phenoxy) is 2. The smallest absolute Gasteiger partial charge is 0.243 e. The van der Waals surface area contributed by atoms with Crippen LogP contribution in [0, 0.1) is 0 Å². The Balaban J connectivity index is 1.20. The number of nitrogens with one attached hydrogen (secondary N) is 1. The van der Waals surface area contributed by atoms with Crippen molar-refractivity contribution in [3.8, 4) is 5.75 Å². The minimum atomic E-state index is -3.51. The summed E-state index contributed by atoms with van der Waals surface area (Å²) in [5.74, 6) is 0.690. The van der Waals surface area contributed by atoms with Crippen LogP contribution in [0.15, 0.2) is 78.0 Å². The van der Waals surface area contributed by atoms with Gasteiger partial charge in [0.2, 0.25) is 15.9 Å². The molecule has 9 heteroatoms. The van der Waals surface area contributed by atoms with E-state index in [2.05, 4.69) is 10.3 Å². The van der Waals surface area contributed by atoms with Crippen LogP contribution >= 0.6 is 0 Å². The van der Waals surface area contributed by atoms with Gasteiger partial charge in [0.05, 0.1) is 18.1 Å². The van der Waals surface area contributed by atoms with Gasteiger partial charge in [-0.15, -0.1) is 0 Å². The van der Waals surface area contributed by atoms with Crippen molar-refractivity contribution < 1.29 is 22.7 Å². The molecule has 0 radical (unpaired) electrons. The van der Waals surface area contributed by atoms with Crippen LogP contribution in [0.2, 0.25) is 0 Å². The fourth-order valence-electron chi connectivity index (χ4n) is 3.66. The number of morpholine rings is 1. The summed E-state index contributed by atoms with van der Waals surface area (Å²) < 4.78 is 37.8. The van der Waals surface area contributed by atoms with Gasteiger partial charge in [-0.3, -0.25) is 9.78 Å². The van der Waals surface area contributed by atoms with Crippen molar-refractivity contribution in [3.05, 3.63) is 89.7 Å². The molecule has 0 bridgehead atoms. The fraction of sp³-hybridized carbons (Fsp3) is 0.308. The molecule has 4 rings (SSSR count). The molecule has 1 N–H and O–H groups in total. The topological polar surface area (TPSA) is 97.8 Å². The summed E-state index contributed by atoms with van der Waals surface area (Å²) in [5, 5.41) is 2.92. The number of aryl methyl sites for hydroxylation is 1. The minimum Gasteiger partial charge on any atom is -0.489 e. The second kappa shape index (κ2) is 11.9. The Morgan fingerprint density at radius 3 is 2.37 bits per heavy atom. The number of benzene rings is 2. The van der Waals surface area contributed by atoms with Crippen molar-refractivity contribution in [2.24, 2.45) is 0 Å². The zero-order chi connectivity index (χ0) is 24.5. The number of rotatable bonds is 10. The SMILES string of the molecule is O=C(CCc1ccc(S(=O)(=O)N2CCOCC2)cc1)NCc1ccc(OCc2cccnc2)cc1. The lowest BCUT2D eigenvalue weighted by Crippen LogP contribution is -2.40. The van der Waals surface area contributed by atoms with Crippen LogP contribution in [0.1, 0.15) is 23.1 Å². The zero-order valence-electron chi connectivity index (χ0n) is 19.4. The molecule has 1 amide bonds. The molecule has 1 fully saturated rings. The first-order valence-corrected chi connectivity index (χ1v) is 13.0. The highest BCUT2D eigenvalue weighted by Gasteiger charge is 2.26. The number of carbonyl (C=O) groups is 1. The number of carbonyl (C=O) groups excluding carboxylic acids is 1. The minimum absolute atomic E-state index is 0.0630. The van der Waals surface area contributed by atoms with Crippen LogP contribution in [-0.4, -0.2) is 49.9 Å². The van der Waals surface area contributed by atoms with Gasteiger partial charge in [-0.1, -0.05) is 30.3 Å². The first-order valence-electron chi connectivity index (χ1n) is 11.5. The third-order valence-corrected chi connectivity index (χ3v) is 7.63. The molecule has 1 aromatic heterocycles. The van der Waals surface area contributed by atoms with Crippen LogP contribution in [-0.2, 0) is 39.1 Å². The number of amides is 1. The van der Waals surface area contributed by atoms with Crippen LogP contribution < -0.4 is 10.1 Å². The summed E-state index contributed by atoms with van der Waals surface area (Å²) in [6.45, 7) is 2.44. The number of sulfonamides is 1. The first-order chi connectivity index (χ1) is 17.0. The molecule has 3 aromatic rings. The van der Waals surface area contributed by atoms with Crippen LogP contribution in [0.4, 0.5) is 0 Å². The van der Waals surface area contributed by atoms with E-state index in [1.165, 1.54) is 4.31 Å². The van der Waals surface area contributed by atoms with Crippen LogP contribution in [0.25, 0.3) is 0 Å². The second-order valence-corrected chi connectivity index (χ2v) is 10.2. The molecule has 1 aliphatic rings. The van der Waals surface area contributed by atoms with Gasteiger partial charge >= 0.3 is 0 Å². The van der Waals surface area contributed by atoms with Gasteiger partial charge in [0.1, 0.15) is 12.4 Å². The summed E-state index contributed by atoms with van der Waals surface area (Å²) in [5.41, 5.74) is 2.89. The molecule has 8 nitrogen and oxygen atoms in total. The Bertz CT molecular complexity index is 1190. The maximum atomic E-state index is 12.7. The van der Waals surface area contributed by atoms with Crippen molar-refractivity contribution in [2.75, 3.05) is 26.3 Å². The predicted molar refractivity (Wildman–Crippen MR) is 131 cm³/mol. The standard InChI is InChI=1S/C26H29N3O5S/c30-26(28-19-22-3-8-24(9-4-22)34-20-23-2-1-13-27-18-23)12-7-21-5-10-25(11-6-21)35(31,32)29-14-16-33-17-15-29/h1-6,8-11,13,18H,7,12,14-17,19-20H2,(H,28,30). The van der Waals surface area contributed by atoms with E-state index in [1.54, 1.807) is 36.7 Å². The molecule has 0 aliphatic carbocycles. The molecular formula is C26H29N3O5S. The Hall–Kier alpha value is -3.27. The molecule has 1 saturated heterocycles. The first kappa shape index (κ1) is 24.8. The van der Waals surface area contributed by atoms with E-state index in [1.807, 2.05) is 36.4 Å². The monoisotopic (exact) mass is 495 g/mol. The number of nitrogens with zero attached hydrogens (tertiary/aromatic N) is 2. The van der Waals surface area contributed by atoms with Crippen molar-refractivity contribution in [1.29, 1.82) is 0 Å². The zero-order valence-corrected chi connectivity index (χ0v) is 20.2. The number of pyridine rings is 1. The normalized spacial score (nSPS) is 14.4. The average molecular weight is 496 g/mol. The molecule has 35 heavy (non-hydrogen) atoms. The van der Waals surface area contributed by atoms with Gasteiger partial charge in [0.15, 0.2) is 0 Å². The summed E-state index contributed by atoms with van der Waals surface area (Å²) >= 11 is 0. The number of aromatic nitrogens is 1. The molecule has 2 heterocycles. The predicted octanol–water partition coefficient (Wildman–Crippen LogP) is 2.93. The lowest BCUT2D eigenvalue weighted by Gasteiger charge is -2.26.